The fourth-order valence-corrected chi connectivity index (χ4v) is 3.14. The first-order valence-electron chi connectivity index (χ1n) is 8.18. The van der Waals surface area contributed by atoms with Gasteiger partial charge >= 0.3 is 6.29 Å². The van der Waals surface area contributed by atoms with Crippen molar-refractivity contribution >= 4 is 11.0 Å². The van der Waals surface area contributed by atoms with Crippen LogP contribution in [0.15, 0.2) is 54.7 Å². The van der Waals surface area contributed by atoms with E-state index in [1.165, 1.54) is 12.1 Å². The molecule has 0 amide bonds. The lowest BCUT2D eigenvalue weighted by Gasteiger charge is -2.08. The summed E-state index contributed by atoms with van der Waals surface area (Å²) in [5.41, 5.74) is 2.32. The smallest absolute Gasteiger partial charge is 0.395 e. The minimum absolute atomic E-state index is 0.0173. The van der Waals surface area contributed by atoms with Gasteiger partial charge in [-0.2, -0.15) is 0 Å². The molecule has 27 heavy (non-hydrogen) atoms. The Morgan fingerprint density at radius 3 is 2.67 bits per heavy atom. The molecule has 0 radical (unpaired) electrons. The van der Waals surface area contributed by atoms with Crippen LogP contribution in [0.3, 0.4) is 0 Å². The van der Waals surface area contributed by atoms with E-state index in [2.05, 4.69) is 24.4 Å². The lowest BCUT2D eigenvalue weighted by Crippen LogP contribution is -2.25. The van der Waals surface area contributed by atoms with Gasteiger partial charge in [0.05, 0.1) is 11.0 Å². The van der Waals surface area contributed by atoms with Crippen molar-refractivity contribution in [2.75, 3.05) is 0 Å². The molecule has 0 saturated carbocycles. The van der Waals surface area contributed by atoms with Crippen LogP contribution in [-0.4, -0.2) is 25.8 Å². The van der Waals surface area contributed by atoms with Crippen molar-refractivity contribution in [3.63, 3.8) is 0 Å². The van der Waals surface area contributed by atoms with Gasteiger partial charge in [0.1, 0.15) is 11.6 Å². The highest BCUT2D eigenvalue weighted by molar-refractivity contribution is 5.78. The fourth-order valence-electron chi connectivity index (χ4n) is 3.14. The maximum Gasteiger partial charge on any atom is 0.586 e. The summed E-state index contributed by atoms with van der Waals surface area (Å²) in [6.07, 6.45) is -2.04. The Balaban J connectivity index is 1.60. The average molecular weight is 366 g/mol. The molecule has 0 spiro atoms. The Bertz CT molecular complexity index is 1190. The number of rotatable bonds is 2. The van der Waals surface area contributed by atoms with E-state index in [4.69, 9.17) is 0 Å². The van der Waals surface area contributed by atoms with Crippen molar-refractivity contribution in [1.82, 2.24) is 19.5 Å². The number of nitrogens with zero attached hydrogens (tertiary/aromatic N) is 4. The predicted molar refractivity (Wildman–Crippen MR) is 93.0 cm³/mol. The molecule has 4 aromatic rings. The summed E-state index contributed by atoms with van der Waals surface area (Å²) >= 11 is 0. The third kappa shape index (κ3) is 2.57. The van der Waals surface area contributed by atoms with E-state index in [0.29, 0.717) is 17.2 Å². The van der Waals surface area contributed by atoms with Crippen LogP contribution in [0.25, 0.3) is 28.2 Å². The molecule has 0 bridgehead atoms. The monoisotopic (exact) mass is 366 g/mol. The molecule has 3 heterocycles. The number of fused-ring (bicyclic) bond motifs is 2. The molecule has 8 heteroatoms. The molecule has 2 aromatic heterocycles. The number of aromatic nitrogens is 4. The maximum atomic E-state index is 13.2. The summed E-state index contributed by atoms with van der Waals surface area (Å²) in [7, 11) is 0. The normalized spacial score (nSPS) is 14.6. The fraction of sp³-hybridized carbons (Fsp3) is 0.105. The molecule has 5 rings (SSSR count). The van der Waals surface area contributed by atoms with Crippen LogP contribution in [0.5, 0.6) is 11.5 Å². The van der Waals surface area contributed by atoms with E-state index < -0.39 is 6.29 Å². The zero-order valence-electron chi connectivity index (χ0n) is 14.1. The number of para-hydroxylation sites is 2. The second-order valence-electron chi connectivity index (χ2n) is 6.05. The van der Waals surface area contributed by atoms with Crippen molar-refractivity contribution in [2.24, 2.45) is 0 Å². The molecule has 0 aliphatic carbocycles. The molecule has 0 atom stereocenters. The van der Waals surface area contributed by atoms with Crippen LogP contribution in [0.4, 0.5) is 8.78 Å². The van der Waals surface area contributed by atoms with E-state index in [9.17, 15) is 8.78 Å². The summed E-state index contributed by atoms with van der Waals surface area (Å²) in [6, 6.07) is 14.0. The lowest BCUT2D eigenvalue weighted by atomic mass is 10.2. The largest absolute Gasteiger partial charge is 0.586 e. The Kier molecular flexibility index (Phi) is 3.18. The first kappa shape index (κ1) is 15.7. The van der Waals surface area contributed by atoms with Gasteiger partial charge in [-0.25, -0.2) is 15.0 Å². The number of aryl methyl sites for hydroxylation is 1. The van der Waals surface area contributed by atoms with E-state index >= 15 is 0 Å². The van der Waals surface area contributed by atoms with Gasteiger partial charge in [-0.05, 0) is 43.3 Å². The zero-order chi connectivity index (χ0) is 18.6. The summed E-state index contributed by atoms with van der Waals surface area (Å²) in [4.78, 5) is 13.4. The van der Waals surface area contributed by atoms with Gasteiger partial charge in [-0.1, -0.05) is 12.1 Å². The van der Waals surface area contributed by atoms with Gasteiger partial charge in [-0.15, -0.1) is 8.78 Å². The van der Waals surface area contributed by atoms with Crippen molar-refractivity contribution < 1.29 is 18.3 Å². The summed E-state index contributed by atoms with van der Waals surface area (Å²) < 4.78 is 37.3. The molecule has 0 N–H and O–H groups in total. The first-order chi connectivity index (χ1) is 13.0. The summed E-state index contributed by atoms with van der Waals surface area (Å²) in [6.45, 7) is 1.89. The van der Waals surface area contributed by atoms with Crippen molar-refractivity contribution in [3.05, 3.63) is 60.6 Å². The van der Waals surface area contributed by atoms with Crippen LogP contribution in [0.2, 0.25) is 0 Å². The highest BCUT2D eigenvalue weighted by Gasteiger charge is 2.43. The van der Waals surface area contributed by atoms with Gasteiger partial charge in [-0.3, -0.25) is 4.57 Å². The molecular weight excluding hydrogens is 354 g/mol. The molecule has 2 aromatic carbocycles. The highest BCUT2D eigenvalue weighted by Crippen LogP contribution is 2.42. The highest BCUT2D eigenvalue weighted by atomic mass is 19.3. The molecule has 1 aliphatic heterocycles. The molecule has 0 unspecified atom stereocenters. The van der Waals surface area contributed by atoms with E-state index in [0.717, 1.165) is 16.9 Å². The third-order valence-electron chi connectivity index (χ3n) is 4.26. The Morgan fingerprint density at radius 2 is 1.78 bits per heavy atom. The van der Waals surface area contributed by atoms with Gasteiger partial charge in [0, 0.05) is 11.8 Å². The van der Waals surface area contributed by atoms with Crippen LogP contribution in [0, 0.1) is 6.92 Å². The van der Waals surface area contributed by atoms with E-state index in [1.807, 2.05) is 35.8 Å². The summed E-state index contributed by atoms with van der Waals surface area (Å²) in [5, 5.41) is 0. The zero-order valence-corrected chi connectivity index (χ0v) is 14.1. The van der Waals surface area contributed by atoms with Crippen LogP contribution >= 0.6 is 0 Å². The average Bonchev–Trinajstić information content (AvgIpc) is 3.14. The van der Waals surface area contributed by atoms with Gasteiger partial charge in [0.25, 0.3) is 0 Å². The van der Waals surface area contributed by atoms with E-state index in [1.54, 1.807) is 18.3 Å². The second-order valence-corrected chi connectivity index (χ2v) is 6.05. The second kappa shape index (κ2) is 5.47. The molecule has 1 aliphatic rings. The number of imidazole rings is 1. The number of alkyl halides is 2. The molecule has 134 valence electrons. The van der Waals surface area contributed by atoms with Crippen molar-refractivity contribution in [1.29, 1.82) is 0 Å². The van der Waals surface area contributed by atoms with Crippen molar-refractivity contribution in [3.8, 4) is 28.7 Å². The minimum Gasteiger partial charge on any atom is -0.395 e. The molecule has 6 nitrogen and oxygen atoms in total. The Hall–Kier alpha value is -3.55. The minimum atomic E-state index is -3.66. The third-order valence-corrected chi connectivity index (χ3v) is 4.26. The van der Waals surface area contributed by atoms with Crippen LogP contribution in [0.1, 0.15) is 5.82 Å². The lowest BCUT2D eigenvalue weighted by molar-refractivity contribution is -0.286. The van der Waals surface area contributed by atoms with Crippen molar-refractivity contribution in [2.45, 2.75) is 13.2 Å². The topological polar surface area (TPSA) is 62.1 Å². The maximum absolute atomic E-state index is 13.2. The molecular formula is C19H12F2N4O2. The standard InChI is InChI=1S/C19H12F2N4O2/c1-11-23-13-4-2-3-5-14(13)25(11)17-8-9-22-18(24-17)12-6-7-15-16(10-12)27-19(20,21)26-15/h2-10H,1H3. The SMILES string of the molecule is Cc1nc2ccccc2n1-c1ccnc(-c2ccc3c(c2)OC(F)(F)O3)n1. The number of halogens is 2. The van der Waals surface area contributed by atoms with Crippen LogP contribution in [-0.2, 0) is 0 Å². The Labute approximate surface area is 152 Å². The van der Waals surface area contributed by atoms with E-state index in [-0.39, 0.29) is 11.5 Å². The van der Waals surface area contributed by atoms with Crippen LogP contribution < -0.4 is 9.47 Å². The number of hydrogen-bond donors (Lipinski definition) is 0. The predicted octanol–water partition coefficient (Wildman–Crippen LogP) is 4.11. The number of ether oxygens (including phenoxy) is 2. The molecule has 0 fully saturated rings. The Morgan fingerprint density at radius 1 is 0.963 bits per heavy atom. The summed E-state index contributed by atoms with van der Waals surface area (Å²) in [5.74, 6) is 1.73. The quantitative estimate of drug-likeness (QED) is 0.534. The van der Waals surface area contributed by atoms with Gasteiger partial charge in [0.15, 0.2) is 17.3 Å². The number of hydrogen-bond acceptors (Lipinski definition) is 5. The molecule has 0 saturated heterocycles. The number of benzene rings is 2. The van der Waals surface area contributed by atoms with Gasteiger partial charge < -0.3 is 9.47 Å². The first-order valence-corrected chi connectivity index (χ1v) is 8.18. The van der Waals surface area contributed by atoms with Gasteiger partial charge in [0.2, 0.25) is 0 Å².